The van der Waals surface area contributed by atoms with Crippen molar-refractivity contribution in [2.24, 2.45) is 0 Å². The van der Waals surface area contributed by atoms with Crippen LogP contribution in [0.15, 0.2) is 24.3 Å². The van der Waals surface area contributed by atoms with Crippen molar-refractivity contribution in [2.75, 3.05) is 0 Å². The summed E-state index contributed by atoms with van der Waals surface area (Å²) >= 11 is 0. The maximum absolute atomic E-state index is 14.0. The highest BCUT2D eigenvalue weighted by Gasteiger charge is 2.17. The molecular formula is C16H19FN4. The van der Waals surface area contributed by atoms with E-state index in [0.29, 0.717) is 17.8 Å². The van der Waals surface area contributed by atoms with Gasteiger partial charge in [-0.15, -0.1) is 5.10 Å². The van der Waals surface area contributed by atoms with E-state index in [0.717, 1.165) is 12.8 Å². The lowest BCUT2D eigenvalue weighted by Crippen LogP contribution is -2.04. The molecule has 0 aliphatic carbocycles. The number of hydrogen-bond acceptors (Lipinski definition) is 3. The molecule has 1 aromatic carbocycles. The van der Waals surface area contributed by atoms with Gasteiger partial charge in [-0.25, -0.2) is 9.07 Å². The fourth-order valence-corrected chi connectivity index (χ4v) is 2.33. The molecule has 0 radical (unpaired) electrons. The highest BCUT2D eigenvalue weighted by atomic mass is 19.1. The zero-order chi connectivity index (χ0) is 15.1. The van der Waals surface area contributed by atoms with Crippen molar-refractivity contribution >= 4 is 0 Å². The van der Waals surface area contributed by atoms with Crippen molar-refractivity contribution in [3.8, 4) is 17.3 Å². The molecule has 0 saturated heterocycles. The number of benzene rings is 1. The van der Waals surface area contributed by atoms with Gasteiger partial charge in [0, 0.05) is 12.1 Å². The average molecular weight is 286 g/mol. The summed E-state index contributed by atoms with van der Waals surface area (Å²) in [7, 11) is 0. The summed E-state index contributed by atoms with van der Waals surface area (Å²) in [4.78, 5) is 0. The summed E-state index contributed by atoms with van der Waals surface area (Å²) < 4.78 is 15.6. The Morgan fingerprint density at radius 1 is 1.19 bits per heavy atom. The van der Waals surface area contributed by atoms with E-state index in [4.69, 9.17) is 5.26 Å². The minimum Gasteiger partial charge on any atom is -0.243 e. The van der Waals surface area contributed by atoms with Gasteiger partial charge in [0.25, 0.3) is 0 Å². The highest BCUT2D eigenvalue weighted by Crippen LogP contribution is 2.25. The predicted octanol–water partition coefficient (Wildman–Crippen LogP) is 3.93. The van der Waals surface area contributed by atoms with Crippen LogP contribution in [0.4, 0.5) is 4.39 Å². The van der Waals surface area contributed by atoms with Gasteiger partial charge in [0.2, 0.25) is 0 Å². The first-order chi connectivity index (χ1) is 10.3. The molecule has 0 saturated carbocycles. The zero-order valence-electron chi connectivity index (χ0n) is 12.2. The van der Waals surface area contributed by atoms with Crippen LogP contribution >= 0.6 is 0 Å². The van der Waals surface area contributed by atoms with E-state index in [2.05, 4.69) is 17.2 Å². The molecule has 0 atom stereocenters. The molecule has 0 spiro atoms. The van der Waals surface area contributed by atoms with Crippen LogP contribution < -0.4 is 0 Å². The third-order valence-electron chi connectivity index (χ3n) is 3.44. The lowest BCUT2D eigenvalue weighted by molar-refractivity contribution is 0.523. The van der Waals surface area contributed by atoms with Gasteiger partial charge in [0.05, 0.1) is 0 Å². The number of rotatable bonds is 7. The highest BCUT2D eigenvalue weighted by molar-refractivity contribution is 5.65. The van der Waals surface area contributed by atoms with Crippen LogP contribution in [0.25, 0.3) is 11.3 Å². The molecular weight excluding hydrogens is 267 g/mol. The minimum absolute atomic E-state index is 0.175. The van der Waals surface area contributed by atoms with E-state index >= 15 is 0 Å². The van der Waals surface area contributed by atoms with Gasteiger partial charge in [-0.1, -0.05) is 50.0 Å². The topological polar surface area (TPSA) is 54.5 Å². The molecule has 0 unspecified atom stereocenters. The molecule has 110 valence electrons. The SMILES string of the molecule is CCCCCCCn1nnc(C#N)c1-c1ccccc1F. The molecule has 4 nitrogen and oxygen atoms in total. The maximum atomic E-state index is 14.0. The molecule has 21 heavy (non-hydrogen) atoms. The van der Waals surface area contributed by atoms with Gasteiger partial charge < -0.3 is 0 Å². The quantitative estimate of drug-likeness (QED) is 0.725. The number of aromatic nitrogens is 3. The molecule has 1 heterocycles. The monoisotopic (exact) mass is 286 g/mol. The Labute approximate surface area is 124 Å². The van der Waals surface area contributed by atoms with Crippen molar-refractivity contribution < 1.29 is 4.39 Å². The fraction of sp³-hybridized carbons (Fsp3) is 0.438. The van der Waals surface area contributed by atoms with Crippen molar-refractivity contribution in [1.29, 1.82) is 5.26 Å². The summed E-state index contributed by atoms with van der Waals surface area (Å²) in [5.41, 5.74) is 1.03. The molecule has 0 aliphatic rings. The third-order valence-corrected chi connectivity index (χ3v) is 3.44. The smallest absolute Gasteiger partial charge is 0.190 e. The van der Waals surface area contributed by atoms with E-state index in [9.17, 15) is 4.39 Å². The van der Waals surface area contributed by atoms with Gasteiger partial charge in [0.15, 0.2) is 5.69 Å². The first kappa shape index (κ1) is 15.2. The Hall–Kier alpha value is -2.22. The Morgan fingerprint density at radius 2 is 1.95 bits per heavy atom. The molecule has 0 fully saturated rings. The van der Waals surface area contributed by atoms with Gasteiger partial charge in [-0.2, -0.15) is 5.26 Å². The lowest BCUT2D eigenvalue weighted by atomic mass is 10.1. The standard InChI is InChI=1S/C16H19FN4/c1-2-3-4-5-8-11-21-16(15(12-18)19-20-21)13-9-6-7-10-14(13)17/h6-7,9-10H,2-5,8,11H2,1H3. The Bertz CT molecular complexity index is 627. The predicted molar refractivity (Wildman–Crippen MR) is 78.9 cm³/mol. The molecule has 0 amide bonds. The van der Waals surface area contributed by atoms with Crippen LogP contribution in [-0.2, 0) is 6.54 Å². The summed E-state index contributed by atoms with van der Waals surface area (Å²) in [6.07, 6.45) is 5.66. The Kier molecular flexibility index (Phi) is 5.44. The van der Waals surface area contributed by atoms with Crippen LogP contribution in [0.3, 0.4) is 0 Å². The summed E-state index contributed by atoms with van der Waals surface area (Å²) in [6, 6.07) is 8.41. The zero-order valence-corrected chi connectivity index (χ0v) is 12.2. The van der Waals surface area contributed by atoms with E-state index < -0.39 is 0 Å². The fourth-order valence-electron chi connectivity index (χ4n) is 2.33. The number of unbranched alkanes of at least 4 members (excludes halogenated alkanes) is 4. The maximum Gasteiger partial charge on any atom is 0.190 e. The van der Waals surface area contributed by atoms with Crippen LogP contribution in [0.5, 0.6) is 0 Å². The largest absolute Gasteiger partial charge is 0.243 e. The van der Waals surface area contributed by atoms with E-state index in [1.165, 1.54) is 25.3 Å². The Balaban J connectivity index is 2.18. The second kappa shape index (κ2) is 7.53. The van der Waals surface area contributed by atoms with Gasteiger partial charge in [0.1, 0.15) is 17.6 Å². The summed E-state index contributed by atoms with van der Waals surface area (Å²) in [6.45, 7) is 2.83. The normalized spacial score (nSPS) is 10.5. The van der Waals surface area contributed by atoms with Crippen molar-refractivity contribution in [1.82, 2.24) is 15.0 Å². The van der Waals surface area contributed by atoms with Crippen LogP contribution in [0.1, 0.15) is 44.7 Å². The second-order valence-corrected chi connectivity index (χ2v) is 5.02. The number of nitrogens with zero attached hydrogens (tertiary/aromatic N) is 4. The van der Waals surface area contributed by atoms with Crippen LogP contribution in [-0.4, -0.2) is 15.0 Å². The molecule has 0 bridgehead atoms. The van der Waals surface area contributed by atoms with Gasteiger partial charge >= 0.3 is 0 Å². The summed E-state index contributed by atoms with van der Waals surface area (Å²) in [5, 5.41) is 17.0. The van der Waals surface area contributed by atoms with E-state index in [-0.39, 0.29) is 11.5 Å². The van der Waals surface area contributed by atoms with E-state index in [1.54, 1.807) is 22.9 Å². The first-order valence-electron chi connectivity index (χ1n) is 7.36. The second-order valence-electron chi connectivity index (χ2n) is 5.02. The molecule has 1 aromatic heterocycles. The van der Waals surface area contributed by atoms with E-state index in [1.807, 2.05) is 6.07 Å². The summed E-state index contributed by atoms with van der Waals surface area (Å²) in [5.74, 6) is -0.358. The molecule has 0 N–H and O–H groups in total. The van der Waals surface area contributed by atoms with Crippen LogP contribution in [0, 0.1) is 17.1 Å². The molecule has 5 heteroatoms. The number of hydrogen-bond donors (Lipinski definition) is 0. The first-order valence-corrected chi connectivity index (χ1v) is 7.36. The minimum atomic E-state index is -0.358. The van der Waals surface area contributed by atoms with Crippen molar-refractivity contribution in [2.45, 2.75) is 45.6 Å². The number of halogens is 1. The third kappa shape index (κ3) is 3.66. The van der Waals surface area contributed by atoms with Crippen LogP contribution in [0.2, 0.25) is 0 Å². The van der Waals surface area contributed by atoms with Crippen molar-refractivity contribution in [3.63, 3.8) is 0 Å². The molecule has 2 rings (SSSR count). The number of aryl methyl sites for hydroxylation is 1. The van der Waals surface area contributed by atoms with Crippen molar-refractivity contribution in [3.05, 3.63) is 35.8 Å². The average Bonchev–Trinajstić information content (AvgIpc) is 2.90. The Morgan fingerprint density at radius 3 is 2.67 bits per heavy atom. The molecule has 2 aromatic rings. The lowest BCUT2D eigenvalue weighted by Gasteiger charge is -2.07. The molecule has 0 aliphatic heterocycles. The number of nitriles is 1. The van der Waals surface area contributed by atoms with Gasteiger partial charge in [-0.05, 0) is 18.6 Å². The van der Waals surface area contributed by atoms with Gasteiger partial charge in [-0.3, -0.25) is 0 Å².